The lowest BCUT2D eigenvalue weighted by Gasteiger charge is -2.08. The van der Waals surface area contributed by atoms with E-state index in [0.717, 1.165) is 16.7 Å². The third-order valence-corrected chi connectivity index (χ3v) is 4.76. The quantitative estimate of drug-likeness (QED) is 0.397. The van der Waals surface area contributed by atoms with Gasteiger partial charge in [-0.1, -0.05) is 68.4 Å². The highest BCUT2D eigenvalue weighted by molar-refractivity contribution is 6.01. The number of hydrogen-bond acceptors (Lipinski definition) is 3. The molecule has 3 aromatic carbocycles. The second-order valence-corrected chi connectivity index (χ2v) is 7.81. The molecule has 3 rings (SSSR count). The molecule has 0 spiro atoms. The average molecular weight is 414 g/mol. The largest absolute Gasteiger partial charge is 0.326 e. The summed E-state index contributed by atoms with van der Waals surface area (Å²) in [4.78, 5) is 24.2. The van der Waals surface area contributed by atoms with Gasteiger partial charge < -0.3 is 5.32 Å². The van der Waals surface area contributed by atoms with E-state index in [1.807, 2.05) is 63.2 Å². The molecule has 2 amide bonds. The zero-order valence-electron chi connectivity index (χ0n) is 18.1. The molecule has 0 unspecified atom stereocenters. The van der Waals surface area contributed by atoms with Crippen LogP contribution in [0.1, 0.15) is 43.1 Å². The zero-order valence-corrected chi connectivity index (χ0v) is 18.1. The Bertz CT molecular complexity index is 1050. The smallest absolute Gasteiger partial charge is 0.271 e. The summed E-state index contributed by atoms with van der Waals surface area (Å²) in [6.07, 6.45) is 0.461. The molecule has 2 N–H and O–H groups in total. The summed E-state index contributed by atoms with van der Waals surface area (Å²) in [5, 5.41) is 7.05. The molecule has 0 heterocycles. The van der Waals surface area contributed by atoms with Crippen molar-refractivity contribution in [3.8, 4) is 11.1 Å². The molecule has 0 aliphatic carbocycles. The molecule has 0 saturated carbocycles. The third kappa shape index (κ3) is 6.37. The van der Waals surface area contributed by atoms with Gasteiger partial charge in [-0.15, -0.1) is 0 Å². The number of nitrogens with zero attached hydrogens (tertiary/aromatic N) is 1. The number of carbonyl (C=O) groups is 2. The van der Waals surface area contributed by atoms with Gasteiger partial charge in [-0.25, -0.2) is 5.43 Å². The monoisotopic (exact) mass is 413 g/mol. The topological polar surface area (TPSA) is 70.6 Å². The number of anilines is 1. The molecule has 0 aliphatic rings. The number of hydrogen-bond donors (Lipinski definition) is 2. The maximum absolute atomic E-state index is 12.4. The number of hydrazone groups is 1. The molecule has 3 aromatic rings. The molecule has 0 atom stereocenters. The van der Waals surface area contributed by atoms with Gasteiger partial charge in [0, 0.05) is 17.7 Å². The molecule has 5 nitrogen and oxygen atoms in total. The van der Waals surface area contributed by atoms with Gasteiger partial charge in [-0.05, 0) is 53.8 Å². The van der Waals surface area contributed by atoms with Crippen molar-refractivity contribution in [2.45, 2.75) is 27.2 Å². The minimum absolute atomic E-state index is 0.0364. The Kier molecular flexibility index (Phi) is 7.33. The number of nitrogens with one attached hydrogen (secondary N) is 2. The minimum atomic E-state index is -0.305. The van der Waals surface area contributed by atoms with Crippen molar-refractivity contribution >= 4 is 23.2 Å². The molecular weight excluding hydrogens is 386 g/mol. The third-order valence-electron chi connectivity index (χ3n) is 4.76. The van der Waals surface area contributed by atoms with E-state index >= 15 is 0 Å². The first-order valence-corrected chi connectivity index (χ1v) is 10.3. The standard InChI is InChI=1S/C26H27N3O2/c1-18(2)17-25(30)27-24-15-13-23(14-16-24)26(31)29-28-19(3)20-9-11-22(12-10-20)21-7-5-4-6-8-21/h4-16,18H,17H2,1-3H3,(H,27,30)(H,29,31)/b28-19+. The van der Waals surface area contributed by atoms with E-state index in [2.05, 4.69) is 28.0 Å². The van der Waals surface area contributed by atoms with Gasteiger partial charge in [0.1, 0.15) is 0 Å². The summed E-state index contributed by atoms with van der Waals surface area (Å²) >= 11 is 0. The molecule has 0 fully saturated rings. The first-order chi connectivity index (χ1) is 14.9. The maximum Gasteiger partial charge on any atom is 0.271 e. The van der Waals surface area contributed by atoms with Crippen molar-refractivity contribution in [1.82, 2.24) is 5.43 Å². The lowest BCUT2D eigenvalue weighted by Crippen LogP contribution is -2.19. The molecule has 0 saturated heterocycles. The second-order valence-electron chi connectivity index (χ2n) is 7.81. The van der Waals surface area contributed by atoms with E-state index in [0.29, 0.717) is 29.3 Å². The summed E-state index contributed by atoms with van der Waals surface area (Å²) in [6.45, 7) is 5.84. The van der Waals surface area contributed by atoms with Gasteiger partial charge in [0.15, 0.2) is 0 Å². The van der Waals surface area contributed by atoms with E-state index in [-0.39, 0.29) is 11.8 Å². The predicted molar refractivity (Wildman–Crippen MR) is 126 cm³/mol. The van der Waals surface area contributed by atoms with Gasteiger partial charge in [-0.2, -0.15) is 5.10 Å². The van der Waals surface area contributed by atoms with Crippen LogP contribution in [0.15, 0.2) is 84.0 Å². The first-order valence-electron chi connectivity index (χ1n) is 10.3. The summed E-state index contributed by atoms with van der Waals surface area (Å²) in [7, 11) is 0. The highest BCUT2D eigenvalue weighted by Gasteiger charge is 2.08. The molecule has 0 aliphatic heterocycles. The Morgan fingerprint density at radius 3 is 2.00 bits per heavy atom. The van der Waals surface area contributed by atoms with E-state index in [4.69, 9.17) is 0 Å². The molecule has 31 heavy (non-hydrogen) atoms. The Labute approximate surface area is 183 Å². The Morgan fingerprint density at radius 2 is 1.39 bits per heavy atom. The van der Waals surface area contributed by atoms with Gasteiger partial charge in [-0.3, -0.25) is 9.59 Å². The van der Waals surface area contributed by atoms with E-state index < -0.39 is 0 Å². The predicted octanol–water partition coefficient (Wildman–Crippen LogP) is 5.49. The van der Waals surface area contributed by atoms with Crippen LogP contribution in [0.2, 0.25) is 0 Å². The number of rotatable bonds is 7. The zero-order chi connectivity index (χ0) is 22.2. The number of amides is 2. The van der Waals surface area contributed by atoms with Crippen LogP contribution in [0.4, 0.5) is 5.69 Å². The van der Waals surface area contributed by atoms with Crippen LogP contribution in [0.5, 0.6) is 0 Å². The van der Waals surface area contributed by atoms with Gasteiger partial charge >= 0.3 is 0 Å². The van der Waals surface area contributed by atoms with Crippen molar-refractivity contribution in [2.24, 2.45) is 11.0 Å². The molecule has 5 heteroatoms. The van der Waals surface area contributed by atoms with Crippen molar-refractivity contribution in [2.75, 3.05) is 5.32 Å². The van der Waals surface area contributed by atoms with Crippen LogP contribution in [0, 0.1) is 5.92 Å². The van der Waals surface area contributed by atoms with Crippen molar-refractivity contribution in [1.29, 1.82) is 0 Å². The van der Waals surface area contributed by atoms with E-state index in [1.165, 1.54) is 0 Å². The summed E-state index contributed by atoms with van der Waals surface area (Å²) in [6, 6.07) is 25.0. The van der Waals surface area contributed by atoms with Gasteiger partial charge in [0.25, 0.3) is 5.91 Å². The second kappa shape index (κ2) is 10.3. The fourth-order valence-corrected chi connectivity index (χ4v) is 3.09. The van der Waals surface area contributed by atoms with E-state index in [1.54, 1.807) is 24.3 Å². The van der Waals surface area contributed by atoms with Crippen LogP contribution < -0.4 is 10.7 Å². The molecular formula is C26H27N3O2. The number of carbonyl (C=O) groups excluding carboxylic acids is 2. The highest BCUT2D eigenvalue weighted by atomic mass is 16.2. The summed E-state index contributed by atoms with van der Waals surface area (Å²) in [5.41, 5.74) is 7.66. The van der Waals surface area contributed by atoms with Crippen LogP contribution in [-0.4, -0.2) is 17.5 Å². The lowest BCUT2D eigenvalue weighted by atomic mass is 10.0. The molecule has 158 valence electrons. The van der Waals surface area contributed by atoms with Crippen LogP contribution >= 0.6 is 0 Å². The number of benzene rings is 3. The van der Waals surface area contributed by atoms with Crippen LogP contribution in [0.25, 0.3) is 11.1 Å². The fourth-order valence-electron chi connectivity index (χ4n) is 3.09. The molecule has 0 radical (unpaired) electrons. The van der Waals surface area contributed by atoms with Gasteiger partial charge in [0.05, 0.1) is 5.71 Å². The summed E-state index contributed by atoms with van der Waals surface area (Å²) < 4.78 is 0. The minimum Gasteiger partial charge on any atom is -0.326 e. The van der Waals surface area contributed by atoms with Crippen LogP contribution in [-0.2, 0) is 4.79 Å². The Hall–Kier alpha value is -3.73. The van der Waals surface area contributed by atoms with E-state index in [9.17, 15) is 9.59 Å². The Morgan fingerprint density at radius 1 is 0.806 bits per heavy atom. The van der Waals surface area contributed by atoms with Gasteiger partial charge in [0.2, 0.25) is 5.91 Å². The van der Waals surface area contributed by atoms with Crippen LogP contribution in [0.3, 0.4) is 0 Å². The lowest BCUT2D eigenvalue weighted by molar-refractivity contribution is -0.116. The Balaban J connectivity index is 1.59. The molecule has 0 aromatic heterocycles. The van der Waals surface area contributed by atoms with Crippen molar-refractivity contribution in [3.63, 3.8) is 0 Å². The normalized spacial score (nSPS) is 11.3. The van der Waals surface area contributed by atoms with Crippen molar-refractivity contribution < 1.29 is 9.59 Å². The van der Waals surface area contributed by atoms with Crippen molar-refractivity contribution in [3.05, 3.63) is 90.0 Å². The highest BCUT2D eigenvalue weighted by Crippen LogP contribution is 2.19. The average Bonchev–Trinajstić information content (AvgIpc) is 2.78. The first kappa shape index (κ1) is 22.0. The fraction of sp³-hybridized carbons (Fsp3) is 0.192. The summed E-state index contributed by atoms with van der Waals surface area (Å²) in [5.74, 6) is -0.0493. The maximum atomic E-state index is 12.4. The SMILES string of the molecule is C/C(=N\NC(=O)c1ccc(NC(=O)CC(C)C)cc1)c1ccc(-c2ccccc2)cc1. The molecule has 0 bridgehead atoms.